The molecule has 0 saturated heterocycles. The number of halogens is 2. The number of nitrogens with one attached hydrogen (secondary N) is 1. The van der Waals surface area contributed by atoms with E-state index in [9.17, 15) is 8.78 Å². The summed E-state index contributed by atoms with van der Waals surface area (Å²) in [6.07, 6.45) is -2.95. The van der Waals surface area contributed by atoms with Gasteiger partial charge in [-0.05, 0) is 19.1 Å². The predicted octanol–water partition coefficient (Wildman–Crippen LogP) is 2.42. The van der Waals surface area contributed by atoms with E-state index in [-0.39, 0.29) is 5.56 Å². The number of benzene rings is 1. The topological polar surface area (TPSA) is 32.3 Å². The van der Waals surface area contributed by atoms with Crippen LogP contribution < -0.4 is 5.32 Å². The Morgan fingerprint density at radius 2 is 2.14 bits per heavy atom. The Balaban J connectivity index is 2.64. The summed E-state index contributed by atoms with van der Waals surface area (Å²) >= 11 is 0. The molecule has 0 bridgehead atoms. The van der Waals surface area contributed by atoms with Crippen molar-refractivity contribution in [2.75, 3.05) is 11.9 Å². The first-order valence-corrected chi connectivity index (χ1v) is 4.39. The van der Waals surface area contributed by atoms with E-state index in [1.807, 2.05) is 0 Å². The van der Waals surface area contributed by atoms with Gasteiger partial charge >= 0.3 is 0 Å². The van der Waals surface area contributed by atoms with E-state index in [4.69, 9.17) is 5.11 Å². The van der Waals surface area contributed by atoms with E-state index >= 15 is 0 Å². The average Bonchev–Trinajstić information content (AvgIpc) is 2.15. The Morgan fingerprint density at radius 3 is 2.71 bits per heavy atom. The van der Waals surface area contributed by atoms with Crippen LogP contribution >= 0.6 is 0 Å². The number of rotatable bonds is 4. The SMILES string of the molecule is CC(O)CNc1cccc(C(F)F)c1. The van der Waals surface area contributed by atoms with Gasteiger partial charge in [0.25, 0.3) is 6.43 Å². The lowest BCUT2D eigenvalue weighted by molar-refractivity contribution is 0.151. The number of alkyl halides is 2. The summed E-state index contributed by atoms with van der Waals surface area (Å²) in [4.78, 5) is 0. The van der Waals surface area contributed by atoms with Crippen LogP contribution in [-0.4, -0.2) is 17.8 Å². The molecule has 2 N–H and O–H groups in total. The van der Waals surface area contributed by atoms with Gasteiger partial charge in [-0.15, -0.1) is 0 Å². The van der Waals surface area contributed by atoms with Gasteiger partial charge in [-0.3, -0.25) is 0 Å². The molecule has 0 aliphatic heterocycles. The molecule has 1 aromatic rings. The van der Waals surface area contributed by atoms with Crippen LogP contribution in [0.25, 0.3) is 0 Å². The van der Waals surface area contributed by atoms with Crippen LogP contribution in [0.3, 0.4) is 0 Å². The van der Waals surface area contributed by atoms with Gasteiger partial charge in [0, 0.05) is 17.8 Å². The molecule has 14 heavy (non-hydrogen) atoms. The van der Waals surface area contributed by atoms with Gasteiger partial charge in [0.2, 0.25) is 0 Å². The molecule has 0 aliphatic rings. The van der Waals surface area contributed by atoms with Gasteiger partial charge in [0.05, 0.1) is 6.10 Å². The minimum atomic E-state index is -2.46. The zero-order chi connectivity index (χ0) is 10.6. The molecule has 78 valence electrons. The molecule has 0 amide bonds. The van der Waals surface area contributed by atoms with E-state index in [0.29, 0.717) is 12.2 Å². The van der Waals surface area contributed by atoms with Crippen molar-refractivity contribution >= 4 is 5.69 Å². The highest BCUT2D eigenvalue weighted by Gasteiger charge is 2.06. The standard InChI is InChI=1S/C10H13F2NO/c1-7(14)6-13-9-4-2-3-8(5-9)10(11)12/h2-5,7,10,13-14H,6H2,1H3. The second-order valence-electron chi connectivity index (χ2n) is 3.16. The molecule has 0 saturated carbocycles. The first-order valence-electron chi connectivity index (χ1n) is 4.39. The summed E-state index contributed by atoms with van der Waals surface area (Å²) in [6.45, 7) is 1.98. The molecule has 0 aliphatic carbocycles. The second-order valence-corrected chi connectivity index (χ2v) is 3.16. The molecule has 2 nitrogen and oxygen atoms in total. The highest BCUT2D eigenvalue weighted by molar-refractivity contribution is 5.46. The van der Waals surface area contributed by atoms with Crippen molar-refractivity contribution in [1.82, 2.24) is 0 Å². The summed E-state index contributed by atoms with van der Waals surface area (Å²) in [5, 5.41) is 11.8. The molecular weight excluding hydrogens is 188 g/mol. The second kappa shape index (κ2) is 4.91. The van der Waals surface area contributed by atoms with Crippen LogP contribution in [0.5, 0.6) is 0 Å². The Labute approximate surface area is 81.6 Å². The molecule has 0 aromatic heterocycles. The molecule has 1 aromatic carbocycles. The van der Waals surface area contributed by atoms with Gasteiger partial charge in [-0.25, -0.2) is 8.78 Å². The monoisotopic (exact) mass is 201 g/mol. The number of aliphatic hydroxyl groups excluding tert-OH is 1. The first kappa shape index (κ1) is 10.9. The van der Waals surface area contributed by atoms with Crippen molar-refractivity contribution < 1.29 is 13.9 Å². The maximum absolute atomic E-state index is 12.3. The fourth-order valence-electron chi connectivity index (χ4n) is 1.05. The Kier molecular flexibility index (Phi) is 3.83. The van der Waals surface area contributed by atoms with E-state index in [2.05, 4.69) is 5.32 Å². The number of aliphatic hydroxyl groups is 1. The fraction of sp³-hybridized carbons (Fsp3) is 0.400. The molecular formula is C10H13F2NO. The summed E-state index contributed by atoms with van der Waals surface area (Å²) in [5.74, 6) is 0. The summed E-state index contributed by atoms with van der Waals surface area (Å²) in [6, 6.07) is 6.01. The highest BCUT2D eigenvalue weighted by atomic mass is 19.3. The summed E-state index contributed by atoms with van der Waals surface area (Å²) in [5.41, 5.74) is 0.587. The number of hydrogen-bond donors (Lipinski definition) is 2. The van der Waals surface area contributed by atoms with Crippen LogP contribution in [0, 0.1) is 0 Å². The minimum absolute atomic E-state index is 0.0133. The van der Waals surface area contributed by atoms with E-state index in [1.54, 1.807) is 19.1 Å². The van der Waals surface area contributed by atoms with Crippen molar-refractivity contribution in [2.24, 2.45) is 0 Å². The smallest absolute Gasteiger partial charge is 0.263 e. The molecule has 1 rings (SSSR count). The first-order chi connectivity index (χ1) is 6.59. The van der Waals surface area contributed by atoms with Gasteiger partial charge in [-0.1, -0.05) is 12.1 Å². The normalized spacial score (nSPS) is 12.9. The van der Waals surface area contributed by atoms with Crippen LogP contribution in [0.15, 0.2) is 24.3 Å². The lowest BCUT2D eigenvalue weighted by atomic mass is 10.2. The highest BCUT2D eigenvalue weighted by Crippen LogP contribution is 2.21. The minimum Gasteiger partial charge on any atom is -0.392 e. The zero-order valence-electron chi connectivity index (χ0n) is 7.87. The van der Waals surface area contributed by atoms with E-state index in [1.165, 1.54) is 12.1 Å². The van der Waals surface area contributed by atoms with Gasteiger partial charge in [0.15, 0.2) is 0 Å². The third kappa shape index (κ3) is 3.30. The lowest BCUT2D eigenvalue weighted by Crippen LogP contribution is -2.15. The maximum Gasteiger partial charge on any atom is 0.263 e. The maximum atomic E-state index is 12.3. The lowest BCUT2D eigenvalue weighted by Gasteiger charge is -2.09. The van der Waals surface area contributed by atoms with Gasteiger partial charge < -0.3 is 10.4 Å². The largest absolute Gasteiger partial charge is 0.392 e. The van der Waals surface area contributed by atoms with Crippen LogP contribution in [-0.2, 0) is 0 Å². The molecule has 1 unspecified atom stereocenters. The molecule has 0 fully saturated rings. The van der Waals surface area contributed by atoms with Crippen molar-refractivity contribution in [1.29, 1.82) is 0 Å². The van der Waals surface area contributed by atoms with Crippen LogP contribution in [0.2, 0.25) is 0 Å². The molecule has 0 radical (unpaired) electrons. The Bertz CT molecular complexity index is 289. The Hall–Kier alpha value is -1.16. The predicted molar refractivity (Wildman–Crippen MR) is 51.6 cm³/mol. The molecule has 1 atom stereocenters. The van der Waals surface area contributed by atoms with E-state index in [0.717, 1.165) is 0 Å². The summed E-state index contributed by atoms with van der Waals surface area (Å²) < 4.78 is 24.5. The van der Waals surface area contributed by atoms with Crippen molar-refractivity contribution in [3.05, 3.63) is 29.8 Å². The Morgan fingerprint density at radius 1 is 1.43 bits per heavy atom. The summed E-state index contributed by atoms with van der Waals surface area (Å²) in [7, 11) is 0. The molecule has 0 heterocycles. The average molecular weight is 201 g/mol. The van der Waals surface area contributed by atoms with Gasteiger partial charge in [-0.2, -0.15) is 0 Å². The van der Waals surface area contributed by atoms with Crippen molar-refractivity contribution in [3.8, 4) is 0 Å². The van der Waals surface area contributed by atoms with Crippen molar-refractivity contribution in [2.45, 2.75) is 19.5 Å². The zero-order valence-corrected chi connectivity index (χ0v) is 7.87. The third-order valence-corrected chi connectivity index (χ3v) is 1.74. The molecule has 4 heteroatoms. The number of hydrogen-bond acceptors (Lipinski definition) is 2. The van der Waals surface area contributed by atoms with Crippen molar-refractivity contribution in [3.63, 3.8) is 0 Å². The van der Waals surface area contributed by atoms with E-state index < -0.39 is 12.5 Å². The van der Waals surface area contributed by atoms with Gasteiger partial charge in [0.1, 0.15) is 0 Å². The quantitative estimate of drug-likeness (QED) is 0.784. The third-order valence-electron chi connectivity index (χ3n) is 1.74. The number of anilines is 1. The van der Waals surface area contributed by atoms with Crippen LogP contribution in [0.4, 0.5) is 14.5 Å². The van der Waals surface area contributed by atoms with Crippen LogP contribution in [0.1, 0.15) is 18.9 Å². The molecule has 0 spiro atoms. The fourth-order valence-corrected chi connectivity index (χ4v) is 1.05.